The van der Waals surface area contributed by atoms with Gasteiger partial charge in [-0.25, -0.2) is 0 Å². The lowest BCUT2D eigenvalue weighted by Crippen LogP contribution is -2.33. The van der Waals surface area contributed by atoms with Crippen LogP contribution in [0.1, 0.15) is 18.9 Å². The standard InChI is InChI=1S/C12H15NO2/c1-2-13-10(8-12(14)15)7-9-5-3-4-6-11(9)13/h3-6,10H,2,7-8H2,1H3,(H,14,15). The van der Waals surface area contributed by atoms with Gasteiger partial charge < -0.3 is 10.0 Å². The molecule has 1 atom stereocenters. The minimum atomic E-state index is -0.716. The number of carbonyl (C=O) groups is 1. The maximum absolute atomic E-state index is 10.7. The summed E-state index contributed by atoms with van der Waals surface area (Å²) in [6, 6.07) is 8.30. The Bertz CT molecular complexity index is 376. The first-order valence-corrected chi connectivity index (χ1v) is 5.28. The van der Waals surface area contributed by atoms with Crippen LogP contribution in [0.4, 0.5) is 5.69 Å². The first-order chi connectivity index (χ1) is 7.22. The van der Waals surface area contributed by atoms with Crippen LogP contribution < -0.4 is 4.90 Å². The first-order valence-electron chi connectivity index (χ1n) is 5.28. The van der Waals surface area contributed by atoms with E-state index in [4.69, 9.17) is 5.11 Å². The SMILES string of the molecule is CCN1c2ccccc2CC1CC(=O)O. The van der Waals surface area contributed by atoms with Gasteiger partial charge in [0.15, 0.2) is 0 Å². The minimum absolute atomic E-state index is 0.130. The number of benzene rings is 1. The molecule has 0 aromatic heterocycles. The van der Waals surface area contributed by atoms with Crippen LogP contribution in [0.2, 0.25) is 0 Å². The highest BCUT2D eigenvalue weighted by Crippen LogP contribution is 2.32. The molecule has 0 radical (unpaired) electrons. The molecule has 0 spiro atoms. The normalized spacial score (nSPS) is 19.0. The highest BCUT2D eigenvalue weighted by Gasteiger charge is 2.29. The van der Waals surface area contributed by atoms with Gasteiger partial charge in [-0.3, -0.25) is 4.79 Å². The molecule has 80 valence electrons. The summed E-state index contributed by atoms with van der Waals surface area (Å²) in [4.78, 5) is 12.9. The van der Waals surface area contributed by atoms with Crippen LogP contribution in [0.25, 0.3) is 0 Å². The minimum Gasteiger partial charge on any atom is -0.481 e. The van der Waals surface area contributed by atoms with E-state index in [1.807, 2.05) is 12.1 Å². The zero-order chi connectivity index (χ0) is 10.8. The number of nitrogens with zero attached hydrogens (tertiary/aromatic N) is 1. The topological polar surface area (TPSA) is 40.5 Å². The average Bonchev–Trinajstić information content (AvgIpc) is 2.53. The van der Waals surface area contributed by atoms with Crippen molar-refractivity contribution in [1.29, 1.82) is 0 Å². The Hall–Kier alpha value is -1.51. The van der Waals surface area contributed by atoms with E-state index >= 15 is 0 Å². The van der Waals surface area contributed by atoms with Gasteiger partial charge in [0.2, 0.25) is 0 Å². The van der Waals surface area contributed by atoms with Gasteiger partial charge in [0.1, 0.15) is 0 Å². The predicted octanol–water partition coefficient (Wildman–Crippen LogP) is 1.91. The van der Waals surface area contributed by atoms with E-state index in [0.29, 0.717) is 0 Å². The Kier molecular flexibility index (Phi) is 2.62. The number of fused-ring (bicyclic) bond motifs is 1. The fourth-order valence-electron chi connectivity index (χ4n) is 2.34. The second kappa shape index (κ2) is 3.93. The number of likely N-dealkylation sites (N-methyl/N-ethyl adjacent to an activating group) is 1. The zero-order valence-electron chi connectivity index (χ0n) is 8.81. The van der Waals surface area contributed by atoms with E-state index in [2.05, 4.69) is 24.0 Å². The molecule has 0 aliphatic carbocycles. The molecular weight excluding hydrogens is 190 g/mol. The maximum atomic E-state index is 10.7. The van der Waals surface area contributed by atoms with Crippen LogP contribution in [0.15, 0.2) is 24.3 Å². The number of hydrogen-bond acceptors (Lipinski definition) is 2. The maximum Gasteiger partial charge on any atom is 0.305 e. The summed E-state index contributed by atoms with van der Waals surface area (Å²) >= 11 is 0. The van der Waals surface area contributed by atoms with Crippen LogP contribution in [0.3, 0.4) is 0 Å². The summed E-state index contributed by atoms with van der Waals surface area (Å²) in [7, 11) is 0. The van der Waals surface area contributed by atoms with Crippen molar-refractivity contribution >= 4 is 11.7 Å². The highest BCUT2D eigenvalue weighted by atomic mass is 16.4. The Morgan fingerprint density at radius 1 is 1.53 bits per heavy atom. The smallest absolute Gasteiger partial charge is 0.305 e. The van der Waals surface area contributed by atoms with Gasteiger partial charge >= 0.3 is 5.97 Å². The van der Waals surface area contributed by atoms with Gasteiger partial charge in [-0.05, 0) is 25.0 Å². The molecule has 1 N–H and O–H groups in total. The van der Waals surface area contributed by atoms with Gasteiger partial charge in [-0.2, -0.15) is 0 Å². The fraction of sp³-hybridized carbons (Fsp3) is 0.417. The van der Waals surface area contributed by atoms with Gasteiger partial charge in [-0.1, -0.05) is 18.2 Å². The van der Waals surface area contributed by atoms with Crippen molar-refractivity contribution < 1.29 is 9.90 Å². The van der Waals surface area contributed by atoms with Crippen molar-refractivity contribution in [3.63, 3.8) is 0 Å². The summed E-state index contributed by atoms with van der Waals surface area (Å²) in [6.45, 7) is 2.94. The number of carboxylic acids is 1. The van der Waals surface area contributed by atoms with Gasteiger partial charge in [0, 0.05) is 18.3 Å². The van der Waals surface area contributed by atoms with Crippen LogP contribution in [-0.2, 0) is 11.2 Å². The van der Waals surface area contributed by atoms with E-state index in [-0.39, 0.29) is 12.5 Å². The number of para-hydroxylation sites is 1. The molecule has 1 aliphatic heterocycles. The largest absolute Gasteiger partial charge is 0.481 e. The van der Waals surface area contributed by atoms with E-state index in [1.165, 1.54) is 11.3 Å². The molecule has 3 nitrogen and oxygen atoms in total. The molecular formula is C12H15NO2. The fourth-order valence-corrected chi connectivity index (χ4v) is 2.34. The highest BCUT2D eigenvalue weighted by molar-refractivity contribution is 5.70. The van der Waals surface area contributed by atoms with E-state index in [1.54, 1.807) is 0 Å². The van der Waals surface area contributed by atoms with Gasteiger partial charge in [-0.15, -0.1) is 0 Å². The molecule has 1 aliphatic rings. The zero-order valence-corrected chi connectivity index (χ0v) is 8.81. The molecule has 1 unspecified atom stereocenters. The lowest BCUT2D eigenvalue weighted by Gasteiger charge is -2.24. The van der Waals surface area contributed by atoms with Crippen molar-refractivity contribution in [3.8, 4) is 0 Å². The summed E-state index contributed by atoms with van der Waals surface area (Å²) in [5.74, 6) is -0.716. The molecule has 0 saturated carbocycles. The third kappa shape index (κ3) is 1.82. The molecule has 0 bridgehead atoms. The third-order valence-corrected chi connectivity index (χ3v) is 2.95. The van der Waals surface area contributed by atoms with Crippen LogP contribution >= 0.6 is 0 Å². The van der Waals surface area contributed by atoms with Gasteiger partial charge in [0.25, 0.3) is 0 Å². The first kappa shape index (κ1) is 10.0. The Morgan fingerprint density at radius 3 is 2.93 bits per heavy atom. The van der Waals surface area contributed by atoms with Gasteiger partial charge in [0.05, 0.1) is 6.42 Å². The molecule has 2 rings (SSSR count). The summed E-state index contributed by atoms with van der Waals surface area (Å²) in [5, 5.41) is 8.84. The molecule has 1 heterocycles. The second-order valence-corrected chi connectivity index (χ2v) is 3.87. The van der Waals surface area contributed by atoms with E-state index in [0.717, 1.165) is 13.0 Å². The predicted molar refractivity (Wildman–Crippen MR) is 59.2 cm³/mol. The molecule has 15 heavy (non-hydrogen) atoms. The van der Waals surface area contributed by atoms with Crippen LogP contribution in [-0.4, -0.2) is 23.7 Å². The second-order valence-electron chi connectivity index (χ2n) is 3.87. The summed E-state index contributed by atoms with van der Waals surface area (Å²) in [5.41, 5.74) is 2.47. The molecule has 0 saturated heterocycles. The lowest BCUT2D eigenvalue weighted by atomic mass is 10.1. The Morgan fingerprint density at radius 2 is 2.27 bits per heavy atom. The third-order valence-electron chi connectivity index (χ3n) is 2.95. The van der Waals surface area contributed by atoms with Crippen molar-refractivity contribution in [1.82, 2.24) is 0 Å². The number of hydrogen-bond donors (Lipinski definition) is 1. The molecule has 0 amide bonds. The molecule has 1 aromatic carbocycles. The molecule has 3 heteroatoms. The quantitative estimate of drug-likeness (QED) is 0.819. The van der Waals surface area contributed by atoms with E-state index in [9.17, 15) is 4.79 Å². The van der Waals surface area contributed by atoms with Crippen LogP contribution in [0.5, 0.6) is 0 Å². The van der Waals surface area contributed by atoms with E-state index < -0.39 is 5.97 Å². The summed E-state index contributed by atoms with van der Waals surface area (Å²) in [6.07, 6.45) is 1.08. The van der Waals surface area contributed by atoms with Crippen molar-refractivity contribution in [3.05, 3.63) is 29.8 Å². The lowest BCUT2D eigenvalue weighted by molar-refractivity contribution is -0.137. The van der Waals surface area contributed by atoms with Crippen LogP contribution in [0, 0.1) is 0 Å². The number of carboxylic acid groups (broad SMARTS) is 1. The Labute approximate surface area is 89.3 Å². The number of aliphatic carboxylic acids is 1. The molecule has 0 fully saturated rings. The average molecular weight is 205 g/mol. The van der Waals surface area contributed by atoms with Crippen molar-refractivity contribution in [2.24, 2.45) is 0 Å². The Balaban J connectivity index is 2.24. The van der Waals surface area contributed by atoms with Crippen molar-refractivity contribution in [2.45, 2.75) is 25.8 Å². The van der Waals surface area contributed by atoms with Crippen molar-refractivity contribution in [2.75, 3.05) is 11.4 Å². The summed E-state index contributed by atoms with van der Waals surface area (Å²) < 4.78 is 0. The monoisotopic (exact) mass is 205 g/mol. The number of rotatable bonds is 3. The molecule has 1 aromatic rings. The number of anilines is 1.